The summed E-state index contributed by atoms with van der Waals surface area (Å²) in [4.78, 5) is 0. The number of hydrogen-bond acceptors (Lipinski definition) is 6. The largest absolute Gasteiger partial charge is 0.392 e. The van der Waals surface area contributed by atoms with Gasteiger partial charge in [-0.15, -0.1) is 0 Å². The molecule has 0 aromatic rings. The molecule has 3 heterocycles. The summed E-state index contributed by atoms with van der Waals surface area (Å²) < 4.78 is 12.4. The summed E-state index contributed by atoms with van der Waals surface area (Å²) in [5.74, 6) is 0. The lowest BCUT2D eigenvalue weighted by molar-refractivity contribution is -0.300. The van der Waals surface area contributed by atoms with Crippen molar-refractivity contribution < 1.29 is 26.6 Å². The summed E-state index contributed by atoms with van der Waals surface area (Å²) in [6, 6.07) is 0. The van der Waals surface area contributed by atoms with E-state index in [2.05, 4.69) is 0 Å². The van der Waals surface area contributed by atoms with E-state index in [0.717, 1.165) is 5.31 Å². The van der Waals surface area contributed by atoms with Gasteiger partial charge in [-0.2, -0.15) is 0 Å². The maximum Gasteiger partial charge on any atom is 0.176 e. The first-order valence-corrected chi connectivity index (χ1v) is 3.62. The van der Waals surface area contributed by atoms with Crippen LogP contribution in [0.5, 0.6) is 0 Å². The number of rotatable bonds is 2. The molecule has 0 aromatic carbocycles. The van der Waals surface area contributed by atoms with Gasteiger partial charge in [0, 0.05) is 0 Å². The lowest BCUT2D eigenvalue weighted by Gasteiger charge is -2.47. The fourth-order valence-electron chi connectivity index (χ4n) is 1.70. The highest BCUT2D eigenvalue weighted by atomic mass is 16.7. The number of ether oxygens (including phenoxy) is 1. The van der Waals surface area contributed by atoms with Gasteiger partial charge in [-0.25, -0.2) is 0 Å². The number of aliphatic hydroxyl groups excluding tert-OH is 4. The summed E-state index contributed by atoms with van der Waals surface area (Å²) in [6.07, 6.45) is -2.75. The SMILES string of the molecule is [2H]N1[C@@]2(CO)O[C@]1(CO)[C@@H](O)[C@@H]2O. The van der Waals surface area contributed by atoms with Gasteiger partial charge >= 0.3 is 0 Å². The van der Waals surface area contributed by atoms with Crippen molar-refractivity contribution in [2.75, 3.05) is 13.2 Å². The standard InChI is InChI=1S/C6H11NO5/c8-1-5-3(10)4(11)6(2-9,7-5)12-5/h3-4,7-11H,1-2H2/t3-,4-,5-,6+/m0/s1/i/hD. The smallest absolute Gasteiger partial charge is 0.176 e. The van der Waals surface area contributed by atoms with Crippen molar-refractivity contribution in [3.8, 4) is 0 Å². The Morgan fingerprint density at radius 3 is 1.83 bits per heavy atom. The van der Waals surface area contributed by atoms with Crippen LogP contribution in [0.2, 0.25) is 1.41 Å². The van der Waals surface area contributed by atoms with Crippen LogP contribution in [-0.2, 0) is 4.74 Å². The zero-order chi connectivity index (χ0) is 9.85. The van der Waals surface area contributed by atoms with Crippen LogP contribution in [0.3, 0.4) is 0 Å². The lowest BCUT2D eigenvalue weighted by atomic mass is 10.1. The Morgan fingerprint density at radius 1 is 1.25 bits per heavy atom. The maximum atomic E-state index is 9.42. The van der Waals surface area contributed by atoms with Gasteiger partial charge in [0.25, 0.3) is 0 Å². The van der Waals surface area contributed by atoms with Crippen LogP contribution in [0.25, 0.3) is 0 Å². The highest BCUT2D eigenvalue weighted by molar-refractivity contribution is 5.18. The molecule has 3 fully saturated rings. The van der Waals surface area contributed by atoms with E-state index in [4.69, 9.17) is 16.4 Å². The minimum Gasteiger partial charge on any atom is -0.392 e. The molecule has 0 amide bonds. The fourth-order valence-corrected chi connectivity index (χ4v) is 1.70. The van der Waals surface area contributed by atoms with E-state index in [-0.39, 0.29) is 0 Å². The highest BCUT2D eigenvalue weighted by Gasteiger charge is 2.73. The van der Waals surface area contributed by atoms with E-state index >= 15 is 0 Å². The van der Waals surface area contributed by atoms with Gasteiger partial charge in [-0.05, 0) is 0 Å². The van der Waals surface area contributed by atoms with E-state index in [1.54, 1.807) is 0 Å². The number of nitrogens with one attached hydrogen (secondary N) is 1. The Balaban J connectivity index is 2.33. The van der Waals surface area contributed by atoms with Crippen LogP contribution in [-0.4, -0.2) is 57.3 Å². The second-order valence-corrected chi connectivity index (χ2v) is 3.11. The highest BCUT2D eigenvalue weighted by Crippen LogP contribution is 2.45. The van der Waals surface area contributed by atoms with Crippen LogP contribution < -0.4 is 5.31 Å². The van der Waals surface area contributed by atoms with Gasteiger partial charge in [0.15, 0.2) is 11.4 Å². The summed E-state index contributed by atoms with van der Waals surface area (Å²) in [6.45, 7) is -1.20. The van der Waals surface area contributed by atoms with Crippen LogP contribution in [0.4, 0.5) is 0 Å². The first-order valence-electron chi connectivity index (χ1n) is 4.07. The van der Waals surface area contributed by atoms with Gasteiger partial charge in [0.1, 0.15) is 13.6 Å². The second kappa shape index (κ2) is 2.16. The molecule has 0 saturated carbocycles. The van der Waals surface area contributed by atoms with E-state index in [0.29, 0.717) is 0 Å². The van der Waals surface area contributed by atoms with Gasteiger partial charge in [0.05, 0.1) is 13.2 Å². The molecule has 5 N–H and O–H groups in total. The molecular weight excluding hydrogens is 166 g/mol. The molecule has 6 nitrogen and oxygen atoms in total. The van der Waals surface area contributed by atoms with Gasteiger partial charge in [-0.3, -0.25) is 5.31 Å². The van der Waals surface area contributed by atoms with Crippen LogP contribution in [0, 0.1) is 0 Å². The Bertz CT molecular complexity index is 219. The summed E-state index contributed by atoms with van der Waals surface area (Å²) >= 11 is 0. The lowest BCUT2D eigenvalue weighted by Crippen LogP contribution is -2.73. The second-order valence-electron chi connectivity index (χ2n) is 3.11. The monoisotopic (exact) mass is 178 g/mol. The van der Waals surface area contributed by atoms with Crippen molar-refractivity contribution in [2.45, 2.75) is 23.7 Å². The summed E-state index contributed by atoms with van der Waals surface area (Å²) in [5.41, 5.74) is -3.13. The van der Waals surface area contributed by atoms with Crippen LogP contribution in [0.15, 0.2) is 0 Å². The fraction of sp³-hybridized carbons (Fsp3) is 1.00. The Kier molecular flexibility index (Phi) is 1.30. The van der Waals surface area contributed by atoms with Gasteiger partial charge in [-0.1, -0.05) is 0 Å². The van der Waals surface area contributed by atoms with E-state index in [9.17, 15) is 10.2 Å². The van der Waals surface area contributed by atoms with Crippen LogP contribution >= 0.6 is 0 Å². The van der Waals surface area contributed by atoms with E-state index < -0.39 is 36.9 Å². The van der Waals surface area contributed by atoms with E-state index in [1.165, 1.54) is 0 Å². The molecule has 2 bridgehead atoms. The zero-order valence-electron chi connectivity index (χ0n) is 7.21. The number of fused-ring (bicyclic) bond motifs is 1. The summed E-state index contributed by atoms with van der Waals surface area (Å²) in [5, 5.41) is 37.3. The molecule has 3 rings (SSSR count). The van der Waals surface area contributed by atoms with E-state index in [1.807, 2.05) is 0 Å². The molecule has 0 unspecified atom stereocenters. The minimum absolute atomic E-state index is 0.601. The van der Waals surface area contributed by atoms with Crippen molar-refractivity contribution >= 4 is 0 Å². The van der Waals surface area contributed by atoms with Crippen molar-refractivity contribution in [1.82, 2.24) is 5.31 Å². The predicted octanol–water partition coefficient (Wildman–Crippen LogP) is -3.28. The van der Waals surface area contributed by atoms with Crippen LogP contribution in [0.1, 0.15) is 0 Å². The van der Waals surface area contributed by atoms with Gasteiger partial charge < -0.3 is 25.2 Å². The minimum atomic E-state index is -1.57. The molecule has 6 heteroatoms. The summed E-state index contributed by atoms with van der Waals surface area (Å²) in [7, 11) is 0. The number of aliphatic hydroxyl groups is 4. The molecule has 0 aromatic heterocycles. The maximum absolute atomic E-state index is 9.42. The van der Waals surface area contributed by atoms with Crippen molar-refractivity contribution in [3.05, 3.63) is 0 Å². The average Bonchev–Trinajstić information content (AvgIpc) is 2.46. The zero-order valence-corrected chi connectivity index (χ0v) is 6.21. The average molecular weight is 178 g/mol. The third kappa shape index (κ3) is 0.657. The topological polar surface area (TPSA) is 102 Å². The molecular formula is C6H11NO5. The van der Waals surface area contributed by atoms with Crippen molar-refractivity contribution in [1.29, 1.82) is 0 Å². The number of hydrogen-bond donors (Lipinski definition) is 5. The first-order chi connectivity index (χ1) is 6.05. The predicted molar refractivity (Wildman–Crippen MR) is 35.9 cm³/mol. The van der Waals surface area contributed by atoms with Crippen molar-refractivity contribution in [2.24, 2.45) is 0 Å². The molecule has 3 aliphatic rings. The third-order valence-electron chi connectivity index (χ3n) is 2.41. The molecule has 70 valence electrons. The quantitative estimate of drug-likeness (QED) is 0.304. The Hall–Kier alpha value is -0.240. The normalized spacial score (nSPS) is 59.8. The molecule has 4 atom stereocenters. The Morgan fingerprint density at radius 2 is 1.67 bits per heavy atom. The van der Waals surface area contributed by atoms with Crippen molar-refractivity contribution in [3.63, 3.8) is 0 Å². The molecule has 3 saturated heterocycles. The third-order valence-corrected chi connectivity index (χ3v) is 2.41. The molecule has 0 radical (unpaired) electrons. The first kappa shape index (κ1) is 7.19. The Labute approximate surface area is 69.9 Å². The molecule has 0 spiro atoms. The molecule has 12 heavy (non-hydrogen) atoms. The van der Waals surface area contributed by atoms with Gasteiger partial charge in [0.2, 0.25) is 0 Å². The molecule has 0 aliphatic carbocycles. The molecule has 3 aliphatic heterocycles.